The number of aryl methyl sites for hydroxylation is 2. The second-order valence-electron chi connectivity index (χ2n) is 4.94. The molecule has 0 spiro atoms. The fraction of sp³-hybridized carbons (Fsp3) is 0.333. The Bertz CT molecular complexity index is 638. The van der Waals surface area contributed by atoms with Crippen LogP contribution in [0.5, 0.6) is 0 Å². The van der Waals surface area contributed by atoms with Crippen molar-refractivity contribution in [2.75, 3.05) is 6.54 Å². The van der Waals surface area contributed by atoms with Crippen molar-refractivity contribution in [3.63, 3.8) is 0 Å². The van der Waals surface area contributed by atoms with E-state index in [9.17, 15) is 4.39 Å². The van der Waals surface area contributed by atoms with E-state index in [4.69, 9.17) is 0 Å². The maximum absolute atomic E-state index is 13.2. The van der Waals surface area contributed by atoms with Crippen molar-refractivity contribution < 1.29 is 4.39 Å². The minimum absolute atomic E-state index is 0.224. The first-order valence-corrected chi connectivity index (χ1v) is 6.49. The minimum atomic E-state index is -0.224. The number of nitrogens with zero attached hydrogens (tertiary/aromatic N) is 2. The average molecular weight is 257 g/mol. The molecule has 1 aliphatic heterocycles. The lowest BCUT2D eigenvalue weighted by Crippen LogP contribution is -2.26. The van der Waals surface area contributed by atoms with Crippen LogP contribution < -0.4 is 5.32 Å². The summed E-state index contributed by atoms with van der Waals surface area (Å²) in [5, 5.41) is 3.32. The molecule has 19 heavy (non-hydrogen) atoms. The van der Waals surface area contributed by atoms with Crippen LogP contribution in [0.4, 0.5) is 4.39 Å². The van der Waals surface area contributed by atoms with Gasteiger partial charge in [-0.25, -0.2) is 14.4 Å². The van der Waals surface area contributed by atoms with Crippen LogP contribution in [0.25, 0.3) is 11.4 Å². The number of nitrogens with one attached hydrogen (secondary N) is 1. The van der Waals surface area contributed by atoms with Crippen LogP contribution in [-0.4, -0.2) is 16.5 Å². The van der Waals surface area contributed by atoms with Gasteiger partial charge in [-0.05, 0) is 56.1 Å². The van der Waals surface area contributed by atoms with E-state index >= 15 is 0 Å². The van der Waals surface area contributed by atoms with Crippen LogP contribution in [-0.2, 0) is 13.0 Å². The van der Waals surface area contributed by atoms with Gasteiger partial charge in [0.15, 0.2) is 5.82 Å². The zero-order chi connectivity index (χ0) is 13.4. The molecule has 3 rings (SSSR count). The van der Waals surface area contributed by atoms with Crippen LogP contribution in [0.2, 0.25) is 0 Å². The smallest absolute Gasteiger partial charge is 0.159 e. The van der Waals surface area contributed by atoms with E-state index < -0.39 is 0 Å². The summed E-state index contributed by atoms with van der Waals surface area (Å²) in [6.07, 6.45) is 0.976. The summed E-state index contributed by atoms with van der Waals surface area (Å²) in [5.41, 5.74) is 5.12. The molecule has 0 atom stereocenters. The van der Waals surface area contributed by atoms with Crippen LogP contribution in [0.1, 0.15) is 22.5 Å². The van der Waals surface area contributed by atoms with E-state index in [-0.39, 0.29) is 5.82 Å². The molecule has 1 aromatic heterocycles. The van der Waals surface area contributed by atoms with Gasteiger partial charge in [0.25, 0.3) is 0 Å². The summed E-state index contributed by atoms with van der Waals surface area (Å²) in [7, 11) is 0. The summed E-state index contributed by atoms with van der Waals surface area (Å²) < 4.78 is 13.2. The third kappa shape index (κ3) is 2.24. The summed E-state index contributed by atoms with van der Waals surface area (Å²) in [6.45, 7) is 5.67. The number of hydrogen-bond acceptors (Lipinski definition) is 3. The second kappa shape index (κ2) is 4.70. The van der Waals surface area contributed by atoms with E-state index in [1.165, 1.54) is 17.7 Å². The maximum atomic E-state index is 13.2. The predicted octanol–water partition coefficient (Wildman–Crippen LogP) is 2.55. The number of fused-ring (bicyclic) bond motifs is 1. The van der Waals surface area contributed by atoms with E-state index in [0.717, 1.165) is 42.0 Å². The van der Waals surface area contributed by atoms with Crippen molar-refractivity contribution in [3.05, 3.63) is 46.5 Å². The molecule has 3 nitrogen and oxygen atoms in total. The van der Waals surface area contributed by atoms with E-state index in [0.29, 0.717) is 5.82 Å². The predicted molar refractivity (Wildman–Crippen MR) is 72.3 cm³/mol. The van der Waals surface area contributed by atoms with Gasteiger partial charge in [0.1, 0.15) is 5.82 Å². The maximum Gasteiger partial charge on any atom is 0.159 e. The zero-order valence-electron chi connectivity index (χ0n) is 11.1. The van der Waals surface area contributed by atoms with Gasteiger partial charge in [-0.15, -0.1) is 0 Å². The van der Waals surface area contributed by atoms with Gasteiger partial charge in [-0.1, -0.05) is 0 Å². The molecular formula is C15H16FN3. The largest absolute Gasteiger partial charge is 0.311 e. The zero-order valence-corrected chi connectivity index (χ0v) is 11.1. The summed E-state index contributed by atoms with van der Waals surface area (Å²) in [6, 6.07) is 4.73. The molecule has 0 unspecified atom stereocenters. The number of hydrogen-bond donors (Lipinski definition) is 1. The number of rotatable bonds is 1. The fourth-order valence-electron chi connectivity index (χ4n) is 2.55. The molecule has 2 aromatic rings. The Kier molecular flexibility index (Phi) is 3.03. The molecule has 0 fully saturated rings. The van der Waals surface area contributed by atoms with E-state index in [1.807, 2.05) is 13.8 Å². The fourth-order valence-corrected chi connectivity index (χ4v) is 2.55. The Morgan fingerprint density at radius 3 is 2.84 bits per heavy atom. The van der Waals surface area contributed by atoms with Gasteiger partial charge in [0, 0.05) is 17.8 Å². The highest BCUT2D eigenvalue weighted by molar-refractivity contribution is 5.60. The number of benzene rings is 1. The van der Waals surface area contributed by atoms with Gasteiger partial charge in [-0.2, -0.15) is 0 Å². The molecule has 0 saturated heterocycles. The molecule has 4 heteroatoms. The summed E-state index contributed by atoms with van der Waals surface area (Å²) in [5.74, 6) is 0.468. The SMILES string of the molecule is Cc1cc(F)ccc1-c1nc(C)c2c(n1)CNCC2. The first-order chi connectivity index (χ1) is 9.15. The lowest BCUT2D eigenvalue weighted by Gasteiger charge is -2.19. The van der Waals surface area contributed by atoms with Crippen LogP contribution in [0.15, 0.2) is 18.2 Å². The highest BCUT2D eigenvalue weighted by Crippen LogP contribution is 2.24. The van der Waals surface area contributed by atoms with Crippen molar-refractivity contribution in [2.24, 2.45) is 0 Å². The van der Waals surface area contributed by atoms with Crippen LogP contribution >= 0.6 is 0 Å². The highest BCUT2D eigenvalue weighted by atomic mass is 19.1. The van der Waals surface area contributed by atoms with Gasteiger partial charge < -0.3 is 5.32 Å². The third-order valence-electron chi connectivity index (χ3n) is 3.57. The Balaban J connectivity index is 2.13. The lowest BCUT2D eigenvalue weighted by atomic mass is 10.0. The van der Waals surface area contributed by atoms with Crippen molar-refractivity contribution in [1.29, 1.82) is 0 Å². The number of halogens is 1. The van der Waals surface area contributed by atoms with Crippen molar-refractivity contribution in [1.82, 2.24) is 15.3 Å². The van der Waals surface area contributed by atoms with Gasteiger partial charge in [0.05, 0.1) is 5.69 Å². The van der Waals surface area contributed by atoms with Crippen molar-refractivity contribution in [2.45, 2.75) is 26.8 Å². The van der Waals surface area contributed by atoms with E-state index in [2.05, 4.69) is 15.3 Å². The van der Waals surface area contributed by atoms with Gasteiger partial charge in [-0.3, -0.25) is 0 Å². The standard InChI is InChI=1S/C15H16FN3/c1-9-7-11(16)3-4-12(9)15-18-10(2)13-5-6-17-8-14(13)19-15/h3-4,7,17H,5-6,8H2,1-2H3. The molecule has 0 amide bonds. The topological polar surface area (TPSA) is 37.8 Å². The summed E-state index contributed by atoms with van der Waals surface area (Å²) >= 11 is 0. The average Bonchev–Trinajstić information content (AvgIpc) is 2.38. The van der Waals surface area contributed by atoms with Crippen LogP contribution in [0, 0.1) is 19.7 Å². The van der Waals surface area contributed by atoms with Crippen molar-refractivity contribution in [3.8, 4) is 11.4 Å². The Labute approximate surface area is 111 Å². The Morgan fingerprint density at radius 2 is 2.05 bits per heavy atom. The van der Waals surface area contributed by atoms with Crippen LogP contribution in [0.3, 0.4) is 0 Å². The van der Waals surface area contributed by atoms with E-state index in [1.54, 1.807) is 6.07 Å². The molecule has 0 aliphatic carbocycles. The Morgan fingerprint density at radius 1 is 1.21 bits per heavy atom. The molecule has 1 aromatic carbocycles. The van der Waals surface area contributed by atoms with Gasteiger partial charge in [0.2, 0.25) is 0 Å². The third-order valence-corrected chi connectivity index (χ3v) is 3.57. The first kappa shape index (κ1) is 12.2. The normalized spacial score (nSPS) is 14.3. The highest BCUT2D eigenvalue weighted by Gasteiger charge is 2.16. The minimum Gasteiger partial charge on any atom is -0.311 e. The molecule has 0 saturated carbocycles. The Hall–Kier alpha value is -1.81. The lowest BCUT2D eigenvalue weighted by molar-refractivity contribution is 0.619. The van der Waals surface area contributed by atoms with Gasteiger partial charge >= 0.3 is 0 Å². The monoisotopic (exact) mass is 257 g/mol. The first-order valence-electron chi connectivity index (χ1n) is 6.49. The number of aromatic nitrogens is 2. The molecule has 2 heterocycles. The summed E-state index contributed by atoms with van der Waals surface area (Å²) in [4.78, 5) is 9.22. The molecule has 98 valence electrons. The molecule has 1 aliphatic rings. The molecule has 0 radical (unpaired) electrons. The molecule has 0 bridgehead atoms. The quantitative estimate of drug-likeness (QED) is 0.853. The second-order valence-corrected chi connectivity index (χ2v) is 4.94. The molecular weight excluding hydrogens is 241 g/mol. The molecule has 1 N–H and O–H groups in total. The van der Waals surface area contributed by atoms with Crippen molar-refractivity contribution >= 4 is 0 Å².